The largest absolute Gasteiger partial charge is 0.346 e. The van der Waals surface area contributed by atoms with Crippen molar-refractivity contribution in [2.75, 3.05) is 6.54 Å². The zero-order valence-electron chi connectivity index (χ0n) is 12.1. The first-order chi connectivity index (χ1) is 11.0. The van der Waals surface area contributed by atoms with Gasteiger partial charge in [-0.25, -0.2) is 9.18 Å². The normalized spacial score (nSPS) is 17.5. The maximum atomic E-state index is 13.2. The molecule has 3 rings (SSSR count). The number of nitrogens with one attached hydrogen (secondary N) is 3. The van der Waals surface area contributed by atoms with Gasteiger partial charge in [0.2, 0.25) is 5.91 Å². The quantitative estimate of drug-likeness (QED) is 0.760. The molecule has 0 radical (unpaired) electrons. The Morgan fingerprint density at radius 3 is 2.91 bits per heavy atom. The summed E-state index contributed by atoms with van der Waals surface area (Å²) in [5, 5.41) is 2.70. The average Bonchev–Trinajstić information content (AvgIpc) is 3.06. The number of H-pyrrole nitrogens is 2. The number of carbonyl (C=O) groups excluding carboxylic acids is 2. The van der Waals surface area contributed by atoms with Crippen molar-refractivity contribution in [2.24, 2.45) is 0 Å². The molecule has 1 aromatic heterocycles. The summed E-state index contributed by atoms with van der Waals surface area (Å²) in [6, 6.07) is 5.71. The van der Waals surface area contributed by atoms with Gasteiger partial charge in [0.05, 0.1) is 6.04 Å². The van der Waals surface area contributed by atoms with E-state index in [4.69, 9.17) is 0 Å². The van der Waals surface area contributed by atoms with Crippen LogP contribution in [-0.4, -0.2) is 39.3 Å². The van der Waals surface area contributed by atoms with Crippen LogP contribution in [0.2, 0.25) is 0 Å². The Kier molecular flexibility index (Phi) is 3.96. The van der Waals surface area contributed by atoms with E-state index < -0.39 is 11.6 Å². The van der Waals surface area contributed by atoms with Crippen LogP contribution in [-0.2, 0) is 11.3 Å². The van der Waals surface area contributed by atoms with Gasteiger partial charge in [-0.2, -0.15) is 0 Å². The smallest absolute Gasteiger partial charge is 0.323 e. The molecule has 0 bridgehead atoms. The summed E-state index contributed by atoms with van der Waals surface area (Å²) in [4.78, 5) is 41.2. The van der Waals surface area contributed by atoms with Gasteiger partial charge in [0.15, 0.2) is 0 Å². The Bertz CT molecular complexity index is 798. The van der Waals surface area contributed by atoms with E-state index in [1.807, 2.05) is 0 Å². The molecule has 7 nitrogen and oxygen atoms in total. The van der Waals surface area contributed by atoms with Gasteiger partial charge in [0.1, 0.15) is 11.5 Å². The summed E-state index contributed by atoms with van der Waals surface area (Å²) < 4.78 is 13.2. The highest BCUT2D eigenvalue weighted by molar-refractivity contribution is 5.93. The molecule has 1 saturated heterocycles. The molecule has 1 atom stereocenters. The van der Waals surface area contributed by atoms with Gasteiger partial charge in [-0.1, -0.05) is 12.1 Å². The lowest BCUT2D eigenvalue weighted by Gasteiger charge is -2.17. The van der Waals surface area contributed by atoms with Crippen LogP contribution in [0, 0.1) is 5.82 Å². The van der Waals surface area contributed by atoms with Gasteiger partial charge in [0, 0.05) is 25.7 Å². The van der Waals surface area contributed by atoms with Crippen molar-refractivity contribution in [3.8, 4) is 0 Å². The highest BCUT2D eigenvalue weighted by atomic mass is 19.1. The molecule has 1 unspecified atom stereocenters. The first-order valence-corrected chi connectivity index (χ1v) is 7.12. The van der Waals surface area contributed by atoms with Gasteiger partial charge < -0.3 is 20.2 Å². The van der Waals surface area contributed by atoms with Crippen molar-refractivity contribution >= 4 is 11.8 Å². The summed E-state index contributed by atoms with van der Waals surface area (Å²) in [5.41, 5.74) is 0.344. The number of nitrogens with zero attached hydrogens (tertiary/aromatic N) is 1. The van der Waals surface area contributed by atoms with Crippen LogP contribution >= 0.6 is 0 Å². The molecule has 3 N–H and O–H groups in total. The summed E-state index contributed by atoms with van der Waals surface area (Å²) in [6.45, 7) is 0.639. The Balaban J connectivity index is 1.61. The number of hydrogen-bond donors (Lipinski definition) is 3. The molecule has 0 saturated carbocycles. The minimum Gasteiger partial charge on any atom is -0.346 e. The van der Waals surface area contributed by atoms with Crippen LogP contribution in [0.4, 0.5) is 4.39 Å². The molecule has 2 amide bonds. The van der Waals surface area contributed by atoms with Crippen molar-refractivity contribution in [3.63, 3.8) is 0 Å². The van der Waals surface area contributed by atoms with Crippen LogP contribution in [0.3, 0.4) is 0 Å². The number of benzene rings is 1. The highest BCUT2D eigenvalue weighted by Crippen LogP contribution is 2.16. The number of amides is 2. The van der Waals surface area contributed by atoms with Crippen molar-refractivity contribution in [3.05, 3.63) is 58.0 Å². The van der Waals surface area contributed by atoms with E-state index in [2.05, 4.69) is 15.3 Å². The molecular weight excluding hydrogens is 303 g/mol. The Morgan fingerprint density at radius 1 is 1.39 bits per heavy atom. The third-order valence-electron chi connectivity index (χ3n) is 3.65. The molecule has 2 heterocycles. The van der Waals surface area contributed by atoms with Crippen molar-refractivity contribution in [2.45, 2.75) is 19.0 Å². The molecule has 8 heteroatoms. The van der Waals surface area contributed by atoms with Gasteiger partial charge in [-0.05, 0) is 17.7 Å². The summed E-state index contributed by atoms with van der Waals surface area (Å²) in [7, 11) is 0. The van der Waals surface area contributed by atoms with Crippen LogP contribution in [0.5, 0.6) is 0 Å². The third kappa shape index (κ3) is 3.47. The van der Waals surface area contributed by atoms with Gasteiger partial charge in [-0.3, -0.25) is 9.59 Å². The minimum absolute atomic E-state index is 0.109. The fraction of sp³-hybridized carbons (Fsp3) is 0.267. The molecule has 0 aliphatic carbocycles. The predicted molar refractivity (Wildman–Crippen MR) is 79.1 cm³/mol. The second-order valence-corrected chi connectivity index (χ2v) is 5.44. The van der Waals surface area contributed by atoms with Crippen LogP contribution < -0.4 is 11.0 Å². The lowest BCUT2D eigenvalue weighted by molar-refractivity contribution is -0.128. The fourth-order valence-corrected chi connectivity index (χ4v) is 2.60. The topological polar surface area (TPSA) is 98.1 Å². The van der Waals surface area contributed by atoms with Crippen LogP contribution in [0.1, 0.15) is 22.5 Å². The summed E-state index contributed by atoms with van der Waals surface area (Å²) >= 11 is 0. The minimum atomic E-state index is -0.467. The monoisotopic (exact) mass is 318 g/mol. The van der Waals surface area contributed by atoms with E-state index in [1.165, 1.54) is 18.3 Å². The van der Waals surface area contributed by atoms with Gasteiger partial charge in [0.25, 0.3) is 5.91 Å². The number of likely N-dealkylation sites (tertiary alicyclic amines) is 1. The van der Waals surface area contributed by atoms with Gasteiger partial charge in [-0.15, -0.1) is 0 Å². The molecule has 120 valence electrons. The van der Waals surface area contributed by atoms with E-state index >= 15 is 0 Å². The van der Waals surface area contributed by atoms with Gasteiger partial charge >= 0.3 is 5.69 Å². The lowest BCUT2D eigenvalue weighted by atomic mass is 10.2. The summed E-state index contributed by atoms with van der Waals surface area (Å²) in [5.74, 6) is -0.911. The van der Waals surface area contributed by atoms with Crippen molar-refractivity contribution < 1.29 is 14.0 Å². The maximum Gasteiger partial charge on any atom is 0.323 e. The number of hydrogen-bond acceptors (Lipinski definition) is 3. The molecule has 1 aliphatic rings. The van der Waals surface area contributed by atoms with Crippen molar-refractivity contribution in [1.29, 1.82) is 0 Å². The number of aromatic nitrogens is 2. The van der Waals surface area contributed by atoms with E-state index in [0.717, 1.165) is 0 Å². The first kappa shape index (κ1) is 15.0. The molecule has 0 spiro atoms. The first-order valence-electron chi connectivity index (χ1n) is 7.12. The average molecular weight is 318 g/mol. The second kappa shape index (κ2) is 6.07. The van der Waals surface area contributed by atoms with E-state index in [0.29, 0.717) is 18.7 Å². The summed E-state index contributed by atoms with van der Waals surface area (Å²) in [6.07, 6.45) is 1.45. The number of imidazole rings is 1. The predicted octanol–water partition coefficient (Wildman–Crippen LogP) is 0.373. The number of aromatic amines is 2. The molecule has 2 aromatic rings. The SMILES string of the molecule is O=C(NC1CC(=O)N(Cc2cccc(F)c2)C1)c1c[nH]c(=O)[nH]1. The fourth-order valence-electron chi connectivity index (χ4n) is 2.60. The molecule has 1 aromatic carbocycles. The Hall–Kier alpha value is -2.90. The highest BCUT2D eigenvalue weighted by Gasteiger charge is 2.31. The zero-order chi connectivity index (χ0) is 16.4. The number of halogens is 1. The zero-order valence-corrected chi connectivity index (χ0v) is 12.1. The Labute approximate surface area is 130 Å². The number of rotatable bonds is 4. The second-order valence-electron chi connectivity index (χ2n) is 5.44. The molecule has 1 aliphatic heterocycles. The maximum absolute atomic E-state index is 13.2. The third-order valence-corrected chi connectivity index (χ3v) is 3.65. The molecule has 1 fully saturated rings. The van der Waals surface area contributed by atoms with E-state index in [9.17, 15) is 18.8 Å². The Morgan fingerprint density at radius 2 is 2.22 bits per heavy atom. The van der Waals surface area contributed by atoms with E-state index in [-0.39, 0.29) is 29.9 Å². The van der Waals surface area contributed by atoms with Crippen LogP contribution in [0.15, 0.2) is 35.3 Å². The number of carbonyl (C=O) groups is 2. The van der Waals surface area contributed by atoms with Crippen molar-refractivity contribution in [1.82, 2.24) is 20.2 Å². The molecular formula is C15H15FN4O3. The van der Waals surface area contributed by atoms with Crippen LogP contribution in [0.25, 0.3) is 0 Å². The standard InChI is InChI=1S/C15H15FN4O3/c16-10-3-1-2-9(4-10)7-20-8-11(5-13(20)21)18-14(22)12-6-17-15(23)19-12/h1-4,6,11H,5,7-8H2,(H,18,22)(H2,17,19,23). The molecule has 23 heavy (non-hydrogen) atoms. The lowest BCUT2D eigenvalue weighted by Crippen LogP contribution is -2.37. The van der Waals surface area contributed by atoms with E-state index in [1.54, 1.807) is 17.0 Å².